The lowest BCUT2D eigenvalue weighted by molar-refractivity contribution is 1.30. The average molecular weight is 762 g/mol. The van der Waals surface area contributed by atoms with E-state index in [1.54, 1.807) is 0 Å². The van der Waals surface area contributed by atoms with Gasteiger partial charge >= 0.3 is 0 Å². The third-order valence-corrected chi connectivity index (χ3v) is 13.5. The molecule has 11 aromatic rings. The van der Waals surface area contributed by atoms with Crippen molar-refractivity contribution < 1.29 is 0 Å². The fourth-order valence-corrected chi connectivity index (χ4v) is 10.9. The molecule has 0 atom stereocenters. The first-order valence-corrected chi connectivity index (χ1v) is 21.0. The van der Waals surface area contributed by atoms with Crippen molar-refractivity contribution in [2.24, 2.45) is 0 Å². The molecular formula is C54H35NS2. The van der Waals surface area contributed by atoms with Gasteiger partial charge < -0.3 is 4.90 Å². The molecule has 0 saturated heterocycles. The summed E-state index contributed by atoms with van der Waals surface area (Å²) in [6.45, 7) is 0. The maximum Gasteiger partial charge on any atom is 0.0718 e. The number of benzene rings is 9. The van der Waals surface area contributed by atoms with E-state index in [0.717, 1.165) is 11.4 Å². The first-order valence-electron chi connectivity index (χ1n) is 19.3. The van der Waals surface area contributed by atoms with Gasteiger partial charge in [0, 0.05) is 52.6 Å². The highest BCUT2D eigenvalue weighted by molar-refractivity contribution is 7.27. The van der Waals surface area contributed by atoms with Gasteiger partial charge in [0.05, 0.1) is 10.4 Å². The Bertz CT molecular complexity index is 3200. The second kappa shape index (κ2) is 14.1. The lowest BCUT2D eigenvalue weighted by atomic mass is 9.94. The molecule has 0 bridgehead atoms. The van der Waals surface area contributed by atoms with Gasteiger partial charge in [-0.05, 0) is 75.3 Å². The van der Waals surface area contributed by atoms with Gasteiger partial charge in [-0.2, -0.15) is 0 Å². The zero-order valence-electron chi connectivity index (χ0n) is 31.0. The second-order valence-corrected chi connectivity index (χ2v) is 16.5. The van der Waals surface area contributed by atoms with Crippen LogP contribution in [-0.2, 0) is 0 Å². The molecule has 0 aliphatic carbocycles. The number of nitrogens with zero attached hydrogens (tertiary/aromatic N) is 1. The van der Waals surface area contributed by atoms with Crippen LogP contribution in [-0.4, -0.2) is 0 Å². The number of fused-ring (bicyclic) bond motifs is 6. The Morgan fingerprint density at radius 2 is 0.719 bits per heavy atom. The Labute approximate surface area is 340 Å². The van der Waals surface area contributed by atoms with Gasteiger partial charge in [0.2, 0.25) is 0 Å². The third kappa shape index (κ3) is 5.83. The molecule has 0 N–H and O–H groups in total. The molecule has 0 aliphatic heterocycles. The predicted molar refractivity (Wildman–Crippen MR) is 249 cm³/mol. The molecule has 2 heterocycles. The van der Waals surface area contributed by atoms with Crippen LogP contribution in [0.15, 0.2) is 212 Å². The molecule has 1 nitrogen and oxygen atoms in total. The summed E-state index contributed by atoms with van der Waals surface area (Å²) in [4.78, 5) is 2.48. The maximum atomic E-state index is 2.48. The Morgan fingerprint density at radius 1 is 0.281 bits per heavy atom. The molecule has 0 aliphatic rings. The summed E-state index contributed by atoms with van der Waals surface area (Å²) in [6.07, 6.45) is 0. The van der Waals surface area contributed by atoms with Gasteiger partial charge in [0.1, 0.15) is 0 Å². The molecule has 2 aromatic heterocycles. The van der Waals surface area contributed by atoms with Gasteiger partial charge in [-0.3, -0.25) is 0 Å². The van der Waals surface area contributed by atoms with Gasteiger partial charge in [0.25, 0.3) is 0 Å². The molecule has 0 amide bonds. The van der Waals surface area contributed by atoms with Crippen LogP contribution < -0.4 is 4.90 Å². The molecule has 0 spiro atoms. The smallest absolute Gasteiger partial charge is 0.0718 e. The van der Waals surface area contributed by atoms with Crippen LogP contribution in [0, 0.1) is 0 Å². The van der Waals surface area contributed by atoms with Crippen LogP contribution in [0.1, 0.15) is 0 Å². The summed E-state index contributed by atoms with van der Waals surface area (Å²) in [7, 11) is 0. The Balaban J connectivity index is 1.12. The van der Waals surface area contributed by atoms with E-state index in [1.807, 2.05) is 22.7 Å². The van der Waals surface area contributed by atoms with Crippen molar-refractivity contribution in [3.8, 4) is 44.5 Å². The monoisotopic (exact) mass is 761 g/mol. The van der Waals surface area contributed by atoms with Crippen LogP contribution in [0.2, 0.25) is 0 Å². The zero-order valence-corrected chi connectivity index (χ0v) is 32.6. The van der Waals surface area contributed by atoms with E-state index in [4.69, 9.17) is 0 Å². The first kappa shape index (κ1) is 33.5. The lowest BCUT2D eigenvalue weighted by Gasteiger charge is -2.29. The zero-order chi connectivity index (χ0) is 37.7. The minimum absolute atomic E-state index is 1.11. The first-order chi connectivity index (χ1) is 28.3. The summed E-state index contributed by atoms with van der Waals surface area (Å²) in [5.74, 6) is 0. The molecule has 3 heteroatoms. The maximum absolute atomic E-state index is 2.48. The third-order valence-electron chi connectivity index (χ3n) is 11.1. The molecular weight excluding hydrogens is 727 g/mol. The number of thiophene rings is 2. The van der Waals surface area contributed by atoms with Crippen LogP contribution >= 0.6 is 22.7 Å². The van der Waals surface area contributed by atoms with E-state index in [2.05, 4.69) is 217 Å². The van der Waals surface area contributed by atoms with E-state index < -0.39 is 0 Å². The topological polar surface area (TPSA) is 3.24 Å². The van der Waals surface area contributed by atoms with Crippen molar-refractivity contribution in [2.75, 3.05) is 4.90 Å². The number of hydrogen-bond acceptors (Lipinski definition) is 3. The minimum atomic E-state index is 1.11. The summed E-state index contributed by atoms with van der Waals surface area (Å²) in [6, 6.07) is 77.5. The molecule has 11 rings (SSSR count). The highest BCUT2D eigenvalue weighted by atomic mass is 32.1. The molecule has 0 radical (unpaired) electrons. The van der Waals surface area contributed by atoms with E-state index in [9.17, 15) is 0 Å². The normalized spacial score (nSPS) is 11.5. The molecule has 9 aromatic carbocycles. The molecule has 268 valence electrons. The van der Waals surface area contributed by atoms with Crippen molar-refractivity contribution >= 4 is 80.1 Å². The van der Waals surface area contributed by atoms with Gasteiger partial charge in [-0.15, -0.1) is 22.7 Å². The fourth-order valence-electron chi connectivity index (χ4n) is 8.39. The highest BCUT2D eigenvalue weighted by Crippen LogP contribution is 2.50. The van der Waals surface area contributed by atoms with E-state index >= 15 is 0 Å². The Kier molecular flexibility index (Phi) is 8.28. The predicted octanol–water partition coefficient (Wildman–Crippen LogP) is 16.6. The van der Waals surface area contributed by atoms with Gasteiger partial charge in [0.15, 0.2) is 0 Å². The number of rotatable bonds is 7. The van der Waals surface area contributed by atoms with Gasteiger partial charge in [-0.1, -0.05) is 176 Å². The quantitative estimate of drug-likeness (QED) is 0.156. The standard InChI is InChI=1S/C54H35NS2/c1-4-14-36(15-5-1)37-24-28-41(29-25-37)55(52-44(38-16-6-2-7-17-38)33-35-47-46-20-10-12-22-49(46)57-54(47)52)42-30-26-40(27-31-42)43-32-34-45(39-18-8-3-9-19-39)53-51(43)48-21-11-13-23-50(48)56-53/h1-35H. The summed E-state index contributed by atoms with van der Waals surface area (Å²) in [5.41, 5.74) is 13.2. The van der Waals surface area contributed by atoms with Crippen molar-refractivity contribution in [2.45, 2.75) is 0 Å². The second-order valence-electron chi connectivity index (χ2n) is 14.4. The summed E-state index contributed by atoms with van der Waals surface area (Å²) in [5, 5.41) is 5.19. The average Bonchev–Trinajstić information content (AvgIpc) is 3.87. The van der Waals surface area contributed by atoms with E-state index in [0.29, 0.717) is 0 Å². The molecule has 0 saturated carbocycles. The summed E-state index contributed by atoms with van der Waals surface area (Å²) >= 11 is 3.77. The van der Waals surface area contributed by atoms with Crippen molar-refractivity contribution in [3.63, 3.8) is 0 Å². The fraction of sp³-hybridized carbons (Fsp3) is 0. The largest absolute Gasteiger partial charge is 0.308 e. The SMILES string of the molecule is c1ccc(-c2ccc(N(c3ccc(-c4ccc(-c5ccccc5)c5sc6ccccc6c45)cc3)c3c(-c4ccccc4)ccc4c3sc3ccccc34)cc2)cc1. The lowest BCUT2D eigenvalue weighted by Crippen LogP contribution is -2.11. The van der Waals surface area contributed by atoms with Crippen molar-refractivity contribution in [1.82, 2.24) is 0 Å². The minimum Gasteiger partial charge on any atom is -0.308 e. The van der Waals surface area contributed by atoms with E-state index in [1.165, 1.54) is 90.5 Å². The number of anilines is 3. The van der Waals surface area contributed by atoms with Crippen LogP contribution in [0.25, 0.3) is 84.9 Å². The van der Waals surface area contributed by atoms with Crippen LogP contribution in [0.3, 0.4) is 0 Å². The highest BCUT2D eigenvalue weighted by Gasteiger charge is 2.23. The Hall–Kier alpha value is -6.78. The molecule has 0 fully saturated rings. The van der Waals surface area contributed by atoms with Crippen molar-refractivity contribution in [3.05, 3.63) is 212 Å². The van der Waals surface area contributed by atoms with Crippen LogP contribution in [0.4, 0.5) is 17.1 Å². The van der Waals surface area contributed by atoms with Gasteiger partial charge in [-0.25, -0.2) is 0 Å². The summed E-state index contributed by atoms with van der Waals surface area (Å²) < 4.78 is 5.20. The number of hydrogen-bond donors (Lipinski definition) is 0. The van der Waals surface area contributed by atoms with Crippen LogP contribution in [0.5, 0.6) is 0 Å². The Morgan fingerprint density at radius 3 is 1.37 bits per heavy atom. The molecule has 57 heavy (non-hydrogen) atoms. The molecule has 0 unspecified atom stereocenters. The van der Waals surface area contributed by atoms with E-state index in [-0.39, 0.29) is 0 Å². The van der Waals surface area contributed by atoms with Crippen molar-refractivity contribution in [1.29, 1.82) is 0 Å².